The lowest BCUT2D eigenvalue weighted by Crippen LogP contribution is -2.46. The van der Waals surface area contributed by atoms with Crippen LogP contribution in [0.3, 0.4) is 0 Å². The molecule has 0 saturated carbocycles. The van der Waals surface area contributed by atoms with Gasteiger partial charge in [0.05, 0.1) is 19.0 Å². The minimum atomic E-state index is -0.176. The maximum absolute atomic E-state index is 12.4. The van der Waals surface area contributed by atoms with E-state index in [0.717, 1.165) is 36.9 Å². The largest absolute Gasteiger partial charge is 0.493 e. The average molecular weight is 394 g/mol. The molecule has 1 amide bonds. The van der Waals surface area contributed by atoms with Gasteiger partial charge in [0.1, 0.15) is 6.61 Å². The van der Waals surface area contributed by atoms with Crippen LogP contribution in [-0.2, 0) is 16.0 Å². The molecule has 0 spiro atoms. The minimum absolute atomic E-state index is 0.0479. The molecule has 1 atom stereocenters. The van der Waals surface area contributed by atoms with Crippen LogP contribution in [0.5, 0.6) is 11.5 Å². The number of hydrogen-bond acceptors (Lipinski definition) is 7. The summed E-state index contributed by atoms with van der Waals surface area (Å²) in [6, 6.07) is 5.80. The summed E-state index contributed by atoms with van der Waals surface area (Å²) in [4.78, 5) is 21.2. The highest BCUT2D eigenvalue weighted by Gasteiger charge is 2.32. The van der Waals surface area contributed by atoms with E-state index in [0.29, 0.717) is 31.1 Å². The lowest BCUT2D eigenvalue weighted by atomic mass is 10.1. The Balaban J connectivity index is 1.60. The van der Waals surface area contributed by atoms with Gasteiger partial charge in [-0.1, -0.05) is 17.8 Å². The van der Waals surface area contributed by atoms with Crippen LogP contribution in [0.2, 0.25) is 0 Å². The van der Waals surface area contributed by atoms with Gasteiger partial charge in [0.15, 0.2) is 16.7 Å². The molecule has 0 aliphatic carbocycles. The molecule has 0 N–H and O–H groups in total. The zero-order valence-corrected chi connectivity index (χ0v) is 17.0. The molecule has 8 heteroatoms. The first-order chi connectivity index (χ1) is 13.1. The highest BCUT2D eigenvalue weighted by Crippen LogP contribution is 2.32. The first kappa shape index (κ1) is 20.0. The van der Waals surface area contributed by atoms with Gasteiger partial charge < -0.3 is 24.0 Å². The molecule has 1 aromatic carbocycles. The summed E-state index contributed by atoms with van der Waals surface area (Å²) in [5.74, 6) is 1.30. The normalized spacial score (nSPS) is 20.7. The fourth-order valence-electron chi connectivity index (χ4n) is 3.05. The summed E-state index contributed by atoms with van der Waals surface area (Å²) in [5, 5.41) is 0.689. The van der Waals surface area contributed by atoms with Crippen molar-refractivity contribution in [1.82, 2.24) is 9.80 Å². The van der Waals surface area contributed by atoms with E-state index in [1.807, 2.05) is 18.2 Å². The lowest BCUT2D eigenvalue weighted by Gasteiger charge is -2.33. The van der Waals surface area contributed by atoms with Gasteiger partial charge in [0.2, 0.25) is 0 Å². The number of hydrogen-bond donors (Lipinski definition) is 0. The van der Waals surface area contributed by atoms with Crippen LogP contribution in [0.25, 0.3) is 0 Å². The zero-order chi connectivity index (χ0) is 19.2. The van der Waals surface area contributed by atoms with Crippen molar-refractivity contribution in [2.75, 3.05) is 60.7 Å². The van der Waals surface area contributed by atoms with Gasteiger partial charge in [0, 0.05) is 33.3 Å². The van der Waals surface area contributed by atoms with Crippen molar-refractivity contribution in [1.29, 1.82) is 0 Å². The number of benzene rings is 1. The Kier molecular flexibility index (Phi) is 6.98. The molecule has 2 aliphatic heterocycles. The van der Waals surface area contributed by atoms with Crippen LogP contribution in [0.15, 0.2) is 23.2 Å². The second-order valence-corrected chi connectivity index (χ2v) is 7.83. The van der Waals surface area contributed by atoms with Gasteiger partial charge in [-0.25, -0.2) is 0 Å². The number of amidine groups is 1. The summed E-state index contributed by atoms with van der Waals surface area (Å²) in [7, 11) is 5.37. The van der Waals surface area contributed by atoms with Gasteiger partial charge in [-0.05, 0) is 31.2 Å². The fourth-order valence-corrected chi connectivity index (χ4v) is 4.21. The van der Waals surface area contributed by atoms with Crippen molar-refractivity contribution in [2.45, 2.75) is 11.7 Å². The van der Waals surface area contributed by atoms with Crippen molar-refractivity contribution in [2.24, 2.45) is 4.99 Å². The van der Waals surface area contributed by atoms with E-state index >= 15 is 0 Å². The van der Waals surface area contributed by atoms with Crippen molar-refractivity contribution in [3.8, 4) is 11.5 Å². The summed E-state index contributed by atoms with van der Waals surface area (Å²) in [5.41, 5.74) is 1.03. The highest BCUT2D eigenvalue weighted by molar-refractivity contribution is 8.15. The number of likely N-dealkylation sites (N-methyl/N-ethyl adjacent to an activating group) is 1. The molecule has 27 heavy (non-hydrogen) atoms. The predicted octanol–water partition coefficient (Wildman–Crippen LogP) is 1.51. The van der Waals surface area contributed by atoms with Crippen molar-refractivity contribution in [3.63, 3.8) is 0 Å². The Labute approximate surface area is 164 Å². The molecule has 0 aromatic heterocycles. The summed E-state index contributed by atoms with van der Waals surface area (Å²) < 4.78 is 16.1. The third-order valence-corrected chi connectivity index (χ3v) is 5.91. The molecule has 0 bridgehead atoms. The number of piperazine rings is 1. The maximum atomic E-state index is 12.4. The Morgan fingerprint density at radius 2 is 1.93 bits per heavy atom. The topological polar surface area (TPSA) is 63.6 Å². The van der Waals surface area contributed by atoms with Gasteiger partial charge in [-0.15, -0.1) is 0 Å². The molecular weight excluding hydrogens is 366 g/mol. The molecule has 1 saturated heterocycles. The summed E-state index contributed by atoms with van der Waals surface area (Å²) in [6.07, 6.45) is 0.624. The number of thioether (sulfide) groups is 1. The van der Waals surface area contributed by atoms with Crippen LogP contribution < -0.4 is 9.47 Å². The number of rotatable bonds is 7. The summed E-state index contributed by atoms with van der Waals surface area (Å²) in [6.45, 7) is 4.82. The third-order valence-electron chi connectivity index (χ3n) is 4.70. The van der Waals surface area contributed by atoms with Gasteiger partial charge in [0.25, 0.3) is 5.91 Å². The van der Waals surface area contributed by atoms with Crippen LogP contribution in [0.1, 0.15) is 5.56 Å². The van der Waals surface area contributed by atoms with Crippen LogP contribution >= 0.6 is 11.8 Å². The van der Waals surface area contributed by atoms with E-state index < -0.39 is 0 Å². The number of amides is 1. The predicted molar refractivity (Wildman–Crippen MR) is 107 cm³/mol. The van der Waals surface area contributed by atoms with Gasteiger partial charge in [-0.3, -0.25) is 4.79 Å². The molecule has 148 valence electrons. The molecule has 3 rings (SSSR count). The highest BCUT2D eigenvalue weighted by atomic mass is 32.2. The molecule has 2 heterocycles. The van der Waals surface area contributed by atoms with Crippen LogP contribution in [-0.4, -0.2) is 86.8 Å². The first-order valence-corrected chi connectivity index (χ1v) is 10.00. The number of nitrogens with zero attached hydrogens (tertiary/aromatic N) is 3. The number of methoxy groups -OCH3 is 2. The van der Waals surface area contributed by atoms with Crippen LogP contribution in [0, 0.1) is 0 Å². The summed E-state index contributed by atoms with van der Waals surface area (Å²) >= 11 is 1.58. The van der Waals surface area contributed by atoms with E-state index in [-0.39, 0.29) is 11.2 Å². The first-order valence-electron chi connectivity index (χ1n) is 9.12. The van der Waals surface area contributed by atoms with Gasteiger partial charge in [-0.2, -0.15) is 4.99 Å². The van der Waals surface area contributed by atoms with Crippen molar-refractivity contribution < 1.29 is 19.0 Å². The fraction of sp³-hybridized carbons (Fsp3) is 0.579. The third kappa shape index (κ3) is 5.15. The Morgan fingerprint density at radius 3 is 2.63 bits per heavy atom. The van der Waals surface area contributed by atoms with Crippen LogP contribution in [0.4, 0.5) is 0 Å². The standard InChI is InChI=1S/C19H27N3O4S/c1-21-6-8-22(9-7-21)19-20-18(23)17(27-19)13-14-4-5-15(16(12-14)25-3)26-11-10-24-2/h4-5,12,17H,6-11,13H2,1-3H3. The second-order valence-electron chi connectivity index (χ2n) is 6.66. The SMILES string of the molecule is COCCOc1ccc(CC2SC(N3CCN(C)CC3)=NC2=O)cc1OC. The number of ether oxygens (including phenoxy) is 3. The monoisotopic (exact) mass is 393 g/mol. The maximum Gasteiger partial charge on any atom is 0.262 e. The number of aliphatic imine (C=N–C) groups is 1. The molecule has 2 aliphatic rings. The van der Waals surface area contributed by atoms with E-state index in [1.165, 1.54) is 0 Å². The molecule has 7 nitrogen and oxygen atoms in total. The molecule has 1 aromatic rings. The zero-order valence-electron chi connectivity index (χ0n) is 16.1. The smallest absolute Gasteiger partial charge is 0.262 e. The Hall–Kier alpha value is -1.77. The van der Waals surface area contributed by atoms with Gasteiger partial charge >= 0.3 is 0 Å². The molecule has 0 radical (unpaired) electrons. The molecular formula is C19H27N3O4S. The Morgan fingerprint density at radius 1 is 1.15 bits per heavy atom. The van der Waals surface area contributed by atoms with Crippen molar-refractivity contribution in [3.05, 3.63) is 23.8 Å². The minimum Gasteiger partial charge on any atom is -0.493 e. The van der Waals surface area contributed by atoms with E-state index in [4.69, 9.17) is 14.2 Å². The molecule has 1 unspecified atom stereocenters. The number of carbonyl (C=O) groups excluding carboxylic acids is 1. The quantitative estimate of drug-likeness (QED) is 0.651. The average Bonchev–Trinajstić information content (AvgIpc) is 3.04. The lowest BCUT2D eigenvalue weighted by molar-refractivity contribution is -0.117. The molecule has 1 fully saturated rings. The Bertz CT molecular complexity index is 690. The van der Waals surface area contributed by atoms with E-state index in [1.54, 1.807) is 26.0 Å². The van der Waals surface area contributed by atoms with E-state index in [9.17, 15) is 4.79 Å². The van der Waals surface area contributed by atoms with Crippen molar-refractivity contribution >= 4 is 22.8 Å². The van der Waals surface area contributed by atoms with E-state index in [2.05, 4.69) is 21.8 Å². The second kappa shape index (κ2) is 9.43. The number of carbonyl (C=O) groups is 1.